The van der Waals surface area contributed by atoms with E-state index in [0.29, 0.717) is 12.1 Å². The van der Waals surface area contributed by atoms with Crippen LogP contribution in [0.15, 0.2) is 18.2 Å². The quantitative estimate of drug-likeness (QED) is 0.852. The first-order valence-corrected chi connectivity index (χ1v) is 8.79. The van der Waals surface area contributed by atoms with E-state index in [1.165, 1.54) is 49.7 Å². The van der Waals surface area contributed by atoms with E-state index in [1.54, 1.807) is 0 Å². The number of hydrogen-bond donors (Lipinski definition) is 1. The summed E-state index contributed by atoms with van der Waals surface area (Å²) in [6.07, 6.45) is 9.11. The van der Waals surface area contributed by atoms with Gasteiger partial charge in [0, 0.05) is 6.04 Å². The zero-order valence-electron chi connectivity index (χ0n) is 13.5. The molecular weight excluding hydrogens is 258 g/mol. The van der Waals surface area contributed by atoms with Crippen molar-refractivity contribution in [2.45, 2.75) is 70.9 Å². The van der Waals surface area contributed by atoms with Crippen LogP contribution >= 0.6 is 0 Å². The molecule has 2 nitrogen and oxygen atoms in total. The van der Waals surface area contributed by atoms with Crippen LogP contribution in [0.3, 0.4) is 0 Å². The van der Waals surface area contributed by atoms with Crippen molar-refractivity contribution in [2.24, 2.45) is 5.92 Å². The normalized spacial score (nSPS) is 28.4. The second-order valence-corrected chi connectivity index (χ2v) is 6.87. The largest absolute Gasteiger partial charge is 0.490 e. The summed E-state index contributed by atoms with van der Waals surface area (Å²) in [6, 6.07) is 7.17. The van der Waals surface area contributed by atoms with Crippen molar-refractivity contribution < 1.29 is 4.74 Å². The molecule has 3 rings (SSSR count). The van der Waals surface area contributed by atoms with Gasteiger partial charge in [0.25, 0.3) is 0 Å². The Morgan fingerprint density at radius 3 is 2.71 bits per heavy atom. The second kappa shape index (κ2) is 6.83. The fraction of sp³-hybridized carbons (Fsp3) is 0.684. The fourth-order valence-electron chi connectivity index (χ4n) is 3.79. The number of nitrogens with one attached hydrogen (secondary N) is 1. The van der Waals surface area contributed by atoms with E-state index in [2.05, 4.69) is 37.4 Å². The molecule has 1 aromatic rings. The van der Waals surface area contributed by atoms with Crippen LogP contribution in [0.1, 0.15) is 69.5 Å². The Balaban J connectivity index is 1.68. The number of benzene rings is 1. The minimum atomic E-state index is 0.440. The molecular formula is C19H29NO. The second-order valence-electron chi connectivity index (χ2n) is 6.87. The van der Waals surface area contributed by atoms with E-state index in [0.717, 1.165) is 24.6 Å². The minimum absolute atomic E-state index is 0.440. The molecule has 2 aliphatic carbocycles. The monoisotopic (exact) mass is 287 g/mol. The van der Waals surface area contributed by atoms with Crippen LogP contribution in [-0.4, -0.2) is 12.6 Å². The molecule has 0 bridgehead atoms. The van der Waals surface area contributed by atoms with Gasteiger partial charge in [-0.2, -0.15) is 0 Å². The lowest BCUT2D eigenvalue weighted by atomic mass is 9.89. The highest BCUT2D eigenvalue weighted by molar-refractivity contribution is 5.45. The van der Waals surface area contributed by atoms with Crippen LogP contribution in [0.5, 0.6) is 5.75 Å². The lowest BCUT2D eigenvalue weighted by Crippen LogP contribution is -2.23. The molecule has 0 amide bonds. The standard InChI is InChI=1S/C19H29NO/c1-3-13-20-18-12-11-17-16(18)5-4-6-19(17)21-15-9-7-14(2)8-10-15/h4-6,14-15,18,20H,3,7-13H2,1-2H3. The van der Waals surface area contributed by atoms with E-state index < -0.39 is 0 Å². The summed E-state index contributed by atoms with van der Waals surface area (Å²) in [5.41, 5.74) is 2.94. The van der Waals surface area contributed by atoms with Gasteiger partial charge in [-0.1, -0.05) is 26.0 Å². The Labute approximate surface area is 129 Å². The predicted octanol–water partition coefficient (Wildman–Crippen LogP) is 4.63. The summed E-state index contributed by atoms with van der Waals surface area (Å²) in [4.78, 5) is 0. The van der Waals surface area contributed by atoms with Gasteiger partial charge in [0.15, 0.2) is 0 Å². The average molecular weight is 287 g/mol. The Morgan fingerprint density at radius 2 is 1.95 bits per heavy atom. The van der Waals surface area contributed by atoms with Crippen LogP contribution in [0, 0.1) is 5.92 Å². The van der Waals surface area contributed by atoms with Crippen molar-refractivity contribution >= 4 is 0 Å². The van der Waals surface area contributed by atoms with Crippen molar-refractivity contribution in [3.8, 4) is 5.75 Å². The van der Waals surface area contributed by atoms with Crippen molar-refractivity contribution in [1.29, 1.82) is 0 Å². The molecule has 116 valence electrons. The molecule has 0 spiro atoms. The van der Waals surface area contributed by atoms with Gasteiger partial charge < -0.3 is 10.1 Å². The zero-order valence-corrected chi connectivity index (χ0v) is 13.5. The van der Waals surface area contributed by atoms with Crippen LogP contribution in [-0.2, 0) is 6.42 Å². The maximum atomic E-state index is 6.37. The van der Waals surface area contributed by atoms with Gasteiger partial charge >= 0.3 is 0 Å². The topological polar surface area (TPSA) is 21.3 Å². The lowest BCUT2D eigenvalue weighted by molar-refractivity contribution is 0.134. The first-order valence-electron chi connectivity index (χ1n) is 8.79. The highest BCUT2D eigenvalue weighted by atomic mass is 16.5. The van der Waals surface area contributed by atoms with Crippen molar-refractivity contribution in [2.75, 3.05) is 6.54 Å². The van der Waals surface area contributed by atoms with Gasteiger partial charge in [-0.15, -0.1) is 0 Å². The Bertz CT molecular complexity index is 463. The number of fused-ring (bicyclic) bond motifs is 1. The molecule has 2 heteroatoms. The highest BCUT2D eigenvalue weighted by Crippen LogP contribution is 2.38. The Morgan fingerprint density at radius 1 is 1.14 bits per heavy atom. The number of rotatable bonds is 5. The molecule has 1 aromatic carbocycles. The van der Waals surface area contributed by atoms with Gasteiger partial charge in [-0.3, -0.25) is 0 Å². The molecule has 21 heavy (non-hydrogen) atoms. The van der Waals surface area contributed by atoms with E-state index in [4.69, 9.17) is 4.74 Å². The summed E-state index contributed by atoms with van der Waals surface area (Å²) in [5.74, 6) is 2.04. The van der Waals surface area contributed by atoms with Gasteiger partial charge in [0.05, 0.1) is 6.10 Å². The highest BCUT2D eigenvalue weighted by Gasteiger charge is 2.26. The molecule has 1 unspecified atom stereocenters. The van der Waals surface area contributed by atoms with Crippen LogP contribution < -0.4 is 10.1 Å². The van der Waals surface area contributed by atoms with Crippen molar-refractivity contribution in [3.05, 3.63) is 29.3 Å². The predicted molar refractivity (Wildman–Crippen MR) is 87.8 cm³/mol. The Hall–Kier alpha value is -1.02. The van der Waals surface area contributed by atoms with Gasteiger partial charge in [0.1, 0.15) is 5.75 Å². The minimum Gasteiger partial charge on any atom is -0.490 e. The summed E-state index contributed by atoms with van der Waals surface area (Å²) < 4.78 is 6.37. The first-order chi connectivity index (χ1) is 10.3. The van der Waals surface area contributed by atoms with Gasteiger partial charge in [-0.05, 0) is 74.6 Å². The van der Waals surface area contributed by atoms with Crippen molar-refractivity contribution in [1.82, 2.24) is 5.32 Å². The molecule has 1 saturated carbocycles. The van der Waals surface area contributed by atoms with Crippen molar-refractivity contribution in [3.63, 3.8) is 0 Å². The van der Waals surface area contributed by atoms with Crippen LogP contribution in [0.2, 0.25) is 0 Å². The van der Waals surface area contributed by atoms with E-state index in [1.807, 2.05) is 0 Å². The molecule has 0 heterocycles. The van der Waals surface area contributed by atoms with E-state index in [9.17, 15) is 0 Å². The van der Waals surface area contributed by atoms with Gasteiger partial charge in [-0.25, -0.2) is 0 Å². The molecule has 1 atom stereocenters. The summed E-state index contributed by atoms with van der Waals surface area (Å²) in [6.45, 7) is 5.70. The third-order valence-electron chi connectivity index (χ3n) is 5.12. The number of hydrogen-bond acceptors (Lipinski definition) is 2. The molecule has 0 aliphatic heterocycles. The van der Waals surface area contributed by atoms with E-state index >= 15 is 0 Å². The molecule has 1 fully saturated rings. The SMILES string of the molecule is CCCNC1CCc2c(OC3CCC(C)CC3)cccc21. The summed E-state index contributed by atoms with van der Waals surface area (Å²) >= 11 is 0. The maximum Gasteiger partial charge on any atom is 0.123 e. The summed E-state index contributed by atoms with van der Waals surface area (Å²) in [5, 5.41) is 3.67. The Kier molecular flexibility index (Phi) is 4.84. The zero-order chi connectivity index (χ0) is 14.7. The maximum absolute atomic E-state index is 6.37. The van der Waals surface area contributed by atoms with E-state index in [-0.39, 0.29) is 0 Å². The van der Waals surface area contributed by atoms with Crippen LogP contribution in [0.25, 0.3) is 0 Å². The van der Waals surface area contributed by atoms with Crippen LogP contribution in [0.4, 0.5) is 0 Å². The smallest absolute Gasteiger partial charge is 0.123 e. The molecule has 0 radical (unpaired) electrons. The fourth-order valence-corrected chi connectivity index (χ4v) is 3.79. The molecule has 0 aromatic heterocycles. The third kappa shape index (κ3) is 3.42. The first kappa shape index (κ1) is 14.9. The third-order valence-corrected chi connectivity index (χ3v) is 5.12. The van der Waals surface area contributed by atoms with Gasteiger partial charge in [0.2, 0.25) is 0 Å². The molecule has 0 saturated heterocycles. The number of ether oxygens (including phenoxy) is 1. The lowest BCUT2D eigenvalue weighted by Gasteiger charge is -2.27. The summed E-state index contributed by atoms with van der Waals surface area (Å²) in [7, 11) is 0. The molecule has 2 aliphatic rings. The molecule has 1 N–H and O–H groups in total. The average Bonchev–Trinajstić information content (AvgIpc) is 2.92.